The quantitative estimate of drug-likeness (QED) is 0.786. The molecule has 1 atom stereocenters. The average molecular weight is 436 g/mol. The van der Waals surface area contributed by atoms with Gasteiger partial charge in [0.05, 0.1) is 21.6 Å². The molecule has 146 valence electrons. The summed E-state index contributed by atoms with van der Waals surface area (Å²) >= 11 is 13.7. The topological polar surface area (TPSA) is 52.7 Å². The molecule has 0 saturated carbocycles. The fourth-order valence-electron chi connectivity index (χ4n) is 3.45. The lowest BCUT2D eigenvalue weighted by atomic mass is 10.2. The van der Waals surface area contributed by atoms with E-state index in [0.29, 0.717) is 23.8 Å². The number of halogens is 2. The molecule has 4 rings (SSSR count). The number of hydrogen-bond acceptors (Lipinski definition) is 4. The summed E-state index contributed by atoms with van der Waals surface area (Å²) in [5.41, 5.74) is 1.70. The van der Waals surface area contributed by atoms with Crippen LogP contribution in [0.15, 0.2) is 47.4 Å². The largest absolute Gasteiger partial charge is 0.367 e. The molecule has 2 aromatic rings. The van der Waals surface area contributed by atoms with Crippen molar-refractivity contribution in [3.05, 3.63) is 52.5 Å². The average Bonchev–Trinajstić information content (AvgIpc) is 2.69. The van der Waals surface area contributed by atoms with Gasteiger partial charge in [-0.3, -0.25) is 9.59 Å². The van der Waals surface area contributed by atoms with E-state index in [1.807, 2.05) is 35.2 Å². The van der Waals surface area contributed by atoms with Crippen molar-refractivity contribution in [2.24, 2.45) is 0 Å². The minimum Gasteiger partial charge on any atom is -0.367 e. The molecule has 2 aliphatic heterocycles. The number of rotatable bonds is 3. The second-order valence-corrected chi connectivity index (χ2v) is 8.85. The monoisotopic (exact) mass is 435 g/mol. The highest BCUT2D eigenvalue weighted by molar-refractivity contribution is 8.01. The van der Waals surface area contributed by atoms with Gasteiger partial charge in [0.25, 0.3) is 0 Å². The molecule has 2 aromatic carbocycles. The fraction of sp³-hybridized carbons (Fsp3) is 0.300. The molecule has 8 heteroatoms. The zero-order valence-electron chi connectivity index (χ0n) is 15.0. The van der Waals surface area contributed by atoms with Crippen molar-refractivity contribution in [1.29, 1.82) is 0 Å². The van der Waals surface area contributed by atoms with Crippen LogP contribution in [0.2, 0.25) is 10.0 Å². The van der Waals surface area contributed by atoms with Gasteiger partial charge in [0, 0.05) is 42.5 Å². The molecule has 5 nitrogen and oxygen atoms in total. The van der Waals surface area contributed by atoms with E-state index in [-0.39, 0.29) is 18.2 Å². The van der Waals surface area contributed by atoms with Crippen LogP contribution >= 0.6 is 35.0 Å². The molecule has 1 saturated heterocycles. The molecule has 28 heavy (non-hydrogen) atoms. The van der Waals surface area contributed by atoms with E-state index in [9.17, 15) is 9.59 Å². The Morgan fingerprint density at radius 1 is 1.11 bits per heavy atom. The minimum atomic E-state index is -0.428. The van der Waals surface area contributed by atoms with Crippen LogP contribution in [0.25, 0.3) is 0 Å². The number of benzene rings is 2. The smallest absolute Gasteiger partial charge is 0.238 e. The van der Waals surface area contributed by atoms with E-state index in [2.05, 4.69) is 10.2 Å². The number of anilines is 2. The van der Waals surface area contributed by atoms with Crippen molar-refractivity contribution in [3.63, 3.8) is 0 Å². The van der Waals surface area contributed by atoms with Crippen molar-refractivity contribution >= 4 is 58.2 Å². The summed E-state index contributed by atoms with van der Waals surface area (Å²) in [6.45, 7) is 2.69. The van der Waals surface area contributed by atoms with Gasteiger partial charge in [0.2, 0.25) is 11.8 Å². The number of thioether (sulfide) groups is 1. The third kappa shape index (κ3) is 4.09. The Labute approximate surface area is 178 Å². The van der Waals surface area contributed by atoms with Gasteiger partial charge < -0.3 is 15.1 Å². The van der Waals surface area contributed by atoms with Crippen LogP contribution in [0.1, 0.15) is 6.42 Å². The number of hydrogen-bond donors (Lipinski definition) is 1. The zero-order valence-corrected chi connectivity index (χ0v) is 17.4. The highest BCUT2D eigenvalue weighted by Gasteiger charge is 2.31. The van der Waals surface area contributed by atoms with Crippen LogP contribution in [0.3, 0.4) is 0 Å². The summed E-state index contributed by atoms with van der Waals surface area (Å²) in [5, 5.41) is 3.72. The first-order valence-corrected chi connectivity index (χ1v) is 10.7. The number of nitrogens with one attached hydrogen (secondary N) is 1. The van der Waals surface area contributed by atoms with Crippen molar-refractivity contribution in [1.82, 2.24) is 4.90 Å². The summed E-state index contributed by atoms with van der Waals surface area (Å²) in [6, 6.07) is 13.1. The first-order chi connectivity index (χ1) is 13.5. The Morgan fingerprint density at radius 3 is 2.61 bits per heavy atom. The molecular formula is C20H19Cl2N3O2S. The van der Waals surface area contributed by atoms with E-state index >= 15 is 0 Å². The maximum Gasteiger partial charge on any atom is 0.238 e. The zero-order chi connectivity index (χ0) is 19.7. The molecule has 0 radical (unpaired) electrons. The Kier molecular flexibility index (Phi) is 5.71. The van der Waals surface area contributed by atoms with Gasteiger partial charge in [0.15, 0.2) is 0 Å². The van der Waals surface area contributed by atoms with Crippen LogP contribution < -0.4 is 10.2 Å². The lowest BCUT2D eigenvalue weighted by Gasteiger charge is -2.37. The van der Waals surface area contributed by atoms with Crippen LogP contribution in [0.5, 0.6) is 0 Å². The molecule has 0 aliphatic carbocycles. The van der Waals surface area contributed by atoms with Gasteiger partial charge in [-0.2, -0.15) is 0 Å². The Balaban J connectivity index is 1.35. The third-order valence-corrected chi connectivity index (χ3v) is 6.78. The number of amides is 2. The molecule has 1 unspecified atom stereocenters. The summed E-state index contributed by atoms with van der Waals surface area (Å²) in [4.78, 5) is 30.1. The summed E-state index contributed by atoms with van der Waals surface area (Å²) in [6.07, 6.45) is 0.185. The standard InChI is InChI=1S/C20H19Cl2N3O2S/c21-13-5-6-17-15(11-13)23-20(27)18(28-17)12-19(26)25-9-7-24(8-10-25)16-4-2-1-3-14(16)22/h1-6,11,18H,7-10,12H2,(H,23,27). The fourth-order valence-corrected chi connectivity index (χ4v) is 4.96. The molecule has 2 amide bonds. The minimum absolute atomic E-state index is 0.00359. The van der Waals surface area contributed by atoms with Crippen molar-refractivity contribution in [2.75, 3.05) is 36.4 Å². The molecule has 2 aliphatic rings. The maximum atomic E-state index is 12.8. The summed E-state index contributed by atoms with van der Waals surface area (Å²) in [5.74, 6) is -0.147. The number of carbonyl (C=O) groups is 2. The first kappa shape index (κ1) is 19.4. The van der Waals surface area contributed by atoms with Gasteiger partial charge in [0.1, 0.15) is 0 Å². The van der Waals surface area contributed by atoms with Crippen molar-refractivity contribution in [2.45, 2.75) is 16.6 Å². The second kappa shape index (κ2) is 8.23. The number of para-hydroxylation sites is 1. The Hall–Kier alpha value is -1.89. The van der Waals surface area contributed by atoms with Gasteiger partial charge in [-0.05, 0) is 30.3 Å². The summed E-state index contributed by atoms with van der Waals surface area (Å²) < 4.78 is 0. The number of fused-ring (bicyclic) bond motifs is 1. The lowest BCUT2D eigenvalue weighted by Crippen LogP contribution is -2.49. The highest BCUT2D eigenvalue weighted by atomic mass is 35.5. The predicted octanol–water partition coefficient (Wildman–Crippen LogP) is 4.15. The van der Waals surface area contributed by atoms with Crippen molar-refractivity contribution in [3.8, 4) is 0 Å². The molecule has 0 aromatic heterocycles. The number of piperazine rings is 1. The van der Waals surface area contributed by atoms with E-state index in [4.69, 9.17) is 23.2 Å². The first-order valence-electron chi connectivity index (χ1n) is 9.05. The van der Waals surface area contributed by atoms with Crippen LogP contribution in [0, 0.1) is 0 Å². The van der Waals surface area contributed by atoms with E-state index in [1.165, 1.54) is 11.8 Å². The van der Waals surface area contributed by atoms with Crippen LogP contribution in [0.4, 0.5) is 11.4 Å². The molecule has 1 fully saturated rings. The second-order valence-electron chi connectivity index (χ2n) is 6.76. The van der Waals surface area contributed by atoms with E-state index in [1.54, 1.807) is 12.1 Å². The lowest BCUT2D eigenvalue weighted by molar-refractivity contribution is -0.132. The SMILES string of the molecule is O=C1Nc2cc(Cl)ccc2SC1CC(=O)N1CCN(c2ccccc2Cl)CC1. The van der Waals surface area contributed by atoms with Gasteiger partial charge in [-0.25, -0.2) is 0 Å². The molecule has 0 spiro atoms. The Bertz CT molecular complexity index is 916. The third-order valence-electron chi connectivity index (χ3n) is 4.95. The highest BCUT2D eigenvalue weighted by Crippen LogP contribution is 2.38. The van der Waals surface area contributed by atoms with E-state index < -0.39 is 5.25 Å². The van der Waals surface area contributed by atoms with Gasteiger partial charge >= 0.3 is 0 Å². The normalized spacial score (nSPS) is 19.2. The van der Waals surface area contributed by atoms with Crippen LogP contribution in [-0.4, -0.2) is 48.1 Å². The Morgan fingerprint density at radius 2 is 1.86 bits per heavy atom. The number of nitrogens with zero attached hydrogens (tertiary/aromatic N) is 2. The van der Waals surface area contributed by atoms with Crippen molar-refractivity contribution < 1.29 is 9.59 Å². The maximum absolute atomic E-state index is 12.8. The molecule has 2 heterocycles. The predicted molar refractivity (Wildman–Crippen MR) is 115 cm³/mol. The van der Waals surface area contributed by atoms with Crippen LogP contribution in [-0.2, 0) is 9.59 Å². The summed E-state index contributed by atoms with van der Waals surface area (Å²) in [7, 11) is 0. The van der Waals surface area contributed by atoms with Gasteiger partial charge in [-0.1, -0.05) is 35.3 Å². The molecular weight excluding hydrogens is 417 g/mol. The molecule has 1 N–H and O–H groups in total. The van der Waals surface area contributed by atoms with Gasteiger partial charge in [-0.15, -0.1) is 11.8 Å². The van der Waals surface area contributed by atoms with E-state index in [0.717, 1.165) is 28.7 Å². The number of carbonyl (C=O) groups excluding carboxylic acids is 2. The molecule has 0 bridgehead atoms.